The van der Waals surface area contributed by atoms with Crippen LogP contribution in [0.2, 0.25) is 0 Å². The Kier molecular flexibility index (Phi) is 5.28. The van der Waals surface area contributed by atoms with E-state index in [0.29, 0.717) is 19.4 Å². The number of fused-ring (bicyclic) bond motifs is 1. The van der Waals surface area contributed by atoms with E-state index in [1.807, 2.05) is 23.1 Å². The third kappa shape index (κ3) is 3.91. The second-order valence-electron chi connectivity index (χ2n) is 6.32. The highest BCUT2D eigenvalue weighted by Crippen LogP contribution is 2.27. The minimum Gasteiger partial charge on any atom is -0.355 e. The zero-order valence-corrected chi connectivity index (χ0v) is 13.5. The summed E-state index contributed by atoms with van der Waals surface area (Å²) in [6.45, 7) is 2.26. The van der Waals surface area contributed by atoms with Crippen molar-refractivity contribution in [3.05, 3.63) is 29.8 Å². The maximum atomic E-state index is 12.4. The lowest BCUT2D eigenvalue weighted by molar-refractivity contribution is -0.124. The van der Waals surface area contributed by atoms with E-state index in [0.717, 1.165) is 44.5 Å². The third-order valence-electron chi connectivity index (χ3n) is 4.68. The van der Waals surface area contributed by atoms with Gasteiger partial charge in [-0.05, 0) is 43.9 Å². The standard InChI is InChI=1S/C18H25N3O2/c22-17(21-13-10-14-6-1-2-8-16(14)21)9-5-12-20-18(23)15-7-3-4-11-19-15/h1-2,6,8,15,19H,3-5,7,9-13H2,(H,20,23). The van der Waals surface area contributed by atoms with E-state index >= 15 is 0 Å². The van der Waals surface area contributed by atoms with Gasteiger partial charge < -0.3 is 15.5 Å². The fraction of sp³-hybridized carbons (Fsp3) is 0.556. The molecule has 3 rings (SSSR count). The molecule has 0 aliphatic carbocycles. The van der Waals surface area contributed by atoms with Crippen molar-refractivity contribution in [3.63, 3.8) is 0 Å². The van der Waals surface area contributed by atoms with Crippen molar-refractivity contribution in [3.8, 4) is 0 Å². The van der Waals surface area contributed by atoms with Gasteiger partial charge in [0.2, 0.25) is 11.8 Å². The first kappa shape index (κ1) is 16.0. The number of rotatable bonds is 5. The van der Waals surface area contributed by atoms with Crippen LogP contribution in [0, 0.1) is 0 Å². The summed E-state index contributed by atoms with van der Waals surface area (Å²) in [4.78, 5) is 26.2. The number of amides is 2. The summed E-state index contributed by atoms with van der Waals surface area (Å²) in [6.07, 6.45) is 5.28. The molecule has 1 aromatic rings. The molecule has 23 heavy (non-hydrogen) atoms. The molecule has 0 radical (unpaired) electrons. The zero-order chi connectivity index (χ0) is 16.1. The Hall–Kier alpha value is -1.88. The van der Waals surface area contributed by atoms with E-state index < -0.39 is 0 Å². The summed E-state index contributed by atoms with van der Waals surface area (Å²) < 4.78 is 0. The van der Waals surface area contributed by atoms with Gasteiger partial charge in [-0.25, -0.2) is 0 Å². The molecule has 1 unspecified atom stereocenters. The summed E-state index contributed by atoms with van der Waals surface area (Å²) in [5, 5.41) is 6.18. The summed E-state index contributed by atoms with van der Waals surface area (Å²) in [6, 6.07) is 8.03. The van der Waals surface area contributed by atoms with Crippen molar-refractivity contribution >= 4 is 17.5 Å². The van der Waals surface area contributed by atoms with Gasteiger partial charge in [0.05, 0.1) is 6.04 Å². The van der Waals surface area contributed by atoms with Crippen molar-refractivity contribution in [1.29, 1.82) is 0 Å². The summed E-state index contributed by atoms with van der Waals surface area (Å²) >= 11 is 0. The third-order valence-corrected chi connectivity index (χ3v) is 4.68. The van der Waals surface area contributed by atoms with Crippen molar-refractivity contribution in [2.75, 3.05) is 24.5 Å². The normalized spacial score (nSPS) is 20.2. The number of para-hydroxylation sites is 1. The van der Waals surface area contributed by atoms with Crippen LogP contribution >= 0.6 is 0 Å². The number of nitrogens with zero attached hydrogens (tertiary/aromatic N) is 1. The van der Waals surface area contributed by atoms with Crippen molar-refractivity contribution in [1.82, 2.24) is 10.6 Å². The molecule has 0 spiro atoms. The van der Waals surface area contributed by atoms with Crippen LogP contribution < -0.4 is 15.5 Å². The predicted octanol–water partition coefficient (Wildman–Crippen LogP) is 1.61. The van der Waals surface area contributed by atoms with Gasteiger partial charge in [0.1, 0.15) is 0 Å². The maximum Gasteiger partial charge on any atom is 0.237 e. The molecule has 2 N–H and O–H groups in total. The molecule has 1 saturated heterocycles. The number of benzene rings is 1. The van der Waals surface area contributed by atoms with Gasteiger partial charge in [0.25, 0.3) is 0 Å². The van der Waals surface area contributed by atoms with Crippen LogP contribution in [0.4, 0.5) is 5.69 Å². The highest BCUT2D eigenvalue weighted by molar-refractivity contribution is 5.95. The van der Waals surface area contributed by atoms with E-state index in [9.17, 15) is 9.59 Å². The van der Waals surface area contributed by atoms with E-state index in [4.69, 9.17) is 0 Å². The number of nitrogens with one attached hydrogen (secondary N) is 2. The number of piperidine rings is 1. The molecule has 1 fully saturated rings. The van der Waals surface area contributed by atoms with Gasteiger partial charge >= 0.3 is 0 Å². The van der Waals surface area contributed by atoms with Crippen molar-refractivity contribution < 1.29 is 9.59 Å². The first-order valence-corrected chi connectivity index (χ1v) is 8.65. The van der Waals surface area contributed by atoms with E-state index in [2.05, 4.69) is 16.7 Å². The Morgan fingerprint density at radius 2 is 2.13 bits per heavy atom. The molecule has 1 atom stereocenters. The van der Waals surface area contributed by atoms with E-state index in [-0.39, 0.29) is 17.9 Å². The summed E-state index contributed by atoms with van der Waals surface area (Å²) in [5.74, 6) is 0.226. The van der Waals surface area contributed by atoms with Crippen LogP contribution in [-0.2, 0) is 16.0 Å². The van der Waals surface area contributed by atoms with Gasteiger partial charge in [0.15, 0.2) is 0 Å². The van der Waals surface area contributed by atoms with Gasteiger partial charge in [0, 0.05) is 25.2 Å². The van der Waals surface area contributed by atoms with Crippen LogP contribution in [0.5, 0.6) is 0 Å². The quantitative estimate of drug-likeness (QED) is 0.812. The molecule has 2 amide bonds. The monoisotopic (exact) mass is 315 g/mol. The Morgan fingerprint density at radius 3 is 2.96 bits per heavy atom. The van der Waals surface area contributed by atoms with Crippen LogP contribution in [0.1, 0.15) is 37.7 Å². The molecule has 1 aromatic carbocycles. The largest absolute Gasteiger partial charge is 0.355 e. The van der Waals surface area contributed by atoms with E-state index in [1.54, 1.807) is 0 Å². The number of hydrogen-bond donors (Lipinski definition) is 2. The Balaban J connectivity index is 1.39. The van der Waals surface area contributed by atoms with Crippen molar-refractivity contribution in [2.45, 2.75) is 44.6 Å². The van der Waals surface area contributed by atoms with Crippen LogP contribution in [0.25, 0.3) is 0 Å². The first-order valence-electron chi connectivity index (χ1n) is 8.65. The number of hydrogen-bond acceptors (Lipinski definition) is 3. The average molecular weight is 315 g/mol. The first-order chi connectivity index (χ1) is 11.3. The van der Waals surface area contributed by atoms with Crippen LogP contribution in [0.15, 0.2) is 24.3 Å². The van der Waals surface area contributed by atoms with Gasteiger partial charge in [-0.3, -0.25) is 9.59 Å². The zero-order valence-electron chi connectivity index (χ0n) is 13.5. The second-order valence-corrected chi connectivity index (χ2v) is 6.32. The maximum absolute atomic E-state index is 12.4. The highest BCUT2D eigenvalue weighted by Gasteiger charge is 2.24. The molecule has 5 heteroatoms. The van der Waals surface area contributed by atoms with Crippen LogP contribution in [0.3, 0.4) is 0 Å². The second kappa shape index (κ2) is 7.59. The molecule has 0 saturated carbocycles. The Labute approximate surface area is 137 Å². The molecule has 0 bridgehead atoms. The lowest BCUT2D eigenvalue weighted by Crippen LogP contribution is -2.46. The molecular formula is C18H25N3O2. The summed E-state index contributed by atoms with van der Waals surface area (Å²) in [7, 11) is 0. The minimum atomic E-state index is -0.0510. The fourth-order valence-electron chi connectivity index (χ4n) is 3.38. The number of carbonyl (C=O) groups excluding carboxylic acids is 2. The Bertz CT molecular complexity index is 567. The van der Waals surface area contributed by atoms with Crippen LogP contribution in [-0.4, -0.2) is 37.5 Å². The summed E-state index contributed by atoms with van der Waals surface area (Å²) in [5.41, 5.74) is 2.30. The molecule has 2 aliphatic heterocycles. The average Bonchev–Trinajstić information content (AvgIpc) is 3.03. The topological polar surface area (TPSA) is 61.4 Å². The Morgan fingerprint density at radius 1 is 1.26 bits per heavy atom. The fourth-order valence-corrected chi connectivity index (χ4v) is 3.38. The SMILES string of the molecule is O=C(NCCCC(=O)N1CCc2ccccc21)C1CCCCN1. The highest BCUT2D eigenvalue weighted by atomic mass is 16.2. The smallest absolute Gasteiger partial charge is 0.237 e. The predicted molar refractivity (Wildman–Crippen MR) is 90.4 cm³/mol. The molecule has 2 heterocycles. The molecule has 5 nitrogen and oxygen atoms in total. The molecule has 0 aromatic heterocycles. The van der Waals surface area contributed by atoms with Gasteiger partial charge in [-0.15, -0.1) is 0 Å². The lowest BCUT2D eigenvalue weighted by atomic mass is 10.0. The molecular weight excluding hydrogens is 290 g/mol. The van der Waals surface area contributed by atoms with Gasteiger partial charge in [-0.2, -0.15) is 0 Å². The molecule has 124 valence electrons. The minimum absolute atomic E-state index is 0.0510. The molecule has 2 aliphatic rings. The number of carbonyl (C=O) groups is 2. The number of anilines is 1. The van der Waals surface area contributed by atoms with Gasteiger partial charge in [-0.1, -0.05) is 24.6 Å². The van der Waals surface area contributed by atoms with Crippen molar-refractivity contribution in [2.24, 2.45) is 0 Å². The van der Waals surface area contributed by atoms with E-state index in [1.165, 1.54) is 5.56 Å². The lowest BCUT2D eigenvalue weighted by Gasteiger charge is -2.22.